The van der Waals surface area contributed by atoms with E-state index >= 15 is 0 Å². The number of carbonyl (C=O) groups is 2. The predicted octanol–water partition coefficient (Wildman–Crippen LogP) is 2.93. The smallest absolute Gasteiger partial charge is 0.239 e. The van der Waals surface area contributed by atoms with Crippen LogP contribution >= 0.6 is 0 Å². The maximum Gasteiger partial charge on any atom is 0.239 e. The largest absolute Gasteiger partial charge is 0.497 e. The van der Waals surface area contributed by atoms with Gasteiger partial charge in [-0.3, -0.25) is 9.59 Å². The minimum Gasteiger partial charge on any atom is -0.497 e. The molecule has 5 heteroatoms. The van der Waals surface area contributed by atoms with Gasteiger partial charge in [0, 0.05) is 18.3 Å². The van der Waals surface area contributed by atoms with Gasteiger partial charge in [-0.25, -0.2) is 0 Å². The minimum atomic E-state index is -0.641. The van der Waals surface area contributed by atoms with Gasteiger partial charge in [-0.15, -0.1) is 0 Å². The minimum absolute atomic E-state index is 0.132. The summed E-state index contributed by atoms with van der Waals surface area (Å²) in [4.78, 5) is 26.9. The number of nitrogens with zero attached hydrogens (tertiary/aromatic N) is 1. The molecule has 1 N–H and O–H groups in total. The van der Waals surface area contributed by atoms with E-state index in [4.69, 9.17) is 4.74 Å². The van der Waals surface area contributed by atoms with Gasteiger partial charge >= 0.3 is 0 Å². The molecule has 2 aromatic rings. The maximum atomic E-state index is 12.7. The van der Waals surface area contributed by atoms with E-state index < -0.39 is 5.92 Å². The topological polar surface area (TPSA) is 58.6 Å². The first-order valence-electron chi connectivity index (χ1n) is 8.41. The number of benzene rings is 2. The SMILES string of the molecule is COc1cccc(N2CCC(C(=O)NC(C)c3ccccc3)C2=O)c1. The van der Waals surface area contributed by atoms with E-state index in [0.29, 0.717) is 18.7 Å². The lowest BCUT2D eigenvalue weighted by atomic mass is 10.0. The van der Waals surface area contributed by atoms with Crippen molar-refractivity contribution in [3.8, 4) is 5.75 Å². The molecule has 3 rings (SSSR count). The van der Waals surface area contributed by atoms with Crippen molar-refractivity contribution in [3.63, 3.8) is 0 Å². The van der Waals surface area contributed by atoms with Crippen LogP contribution in [0.5, 0.6) is 5.75 Å². The average molecular weight is 338 g/mol. The first-order valence-corrected chi connectivity index (χ1v) is 8.41. The number of carbonyl (C=O) groups excluding carboxylic acids is 2. The quantitative estimate of drug-likeness (QED) is 0.853. The highest BCUT2D eigenvalue weighted by Gasteiger charge is 2.38. The molecule has 2 amide bonds. The number of methoxy groups -OCH3 is 1. The van der Waals surface area contributed by atoms with E-state index in [1.807, 2.05) is 61.5 Å². The molecule has 2 atom stereocenters. The Morgan fingerprint density at radius 2 is 1.96 bits per heavy atom. The number of anilines is 1. The molecule has 130 valence electrons. The zero-order valence-corrected chi connectivity index (χ0v) is 14.4. The van der Waals surface area contributed by atoms with Gasteiger partial charge in [0.1, 0.15) is 11.7 Å². The first-order chi connectivity index (χ1) is 12.1. The molecule has 0 saturated carbocycles. The molecular formula is C20H22N2O3. The normalized spacial score (nSPS) is 18.1. The third kappa shape index (κ3) is 3.65. The molecule has 1 fully saturated rings. The number of nitrogens with one attached hydrogen (secondary N) is 1. The maximum absolute atomic E-state index is 12.7. The Bertz CT molecular complexity index is 761. The molecule has 0 aromatic heterocycles. The molecular weight excluding hydrogens is 316 g/mol. The molecule has 0 spiro atoms. The Labute approximate surface area is 147 Å². The van der Waals surface area contributed by atoms with Crippen molar-refractivity contribution in [3.05, 3.63) is 60.2 Å². The Morgan fingerprint density at radius 3 is 2.68 bits per heavy atom. The number of hydrogen-bond acceptors (Lipinski definition) is 3. The standard InChI is InChI=1S/C20H22N2O3/c1-14(15-7-4-3-5-8-15)21-19(23)18-11-12-22(20(18)24)16-9-6-10-17(13-16)25-2/h3-10,13-14,18H,11-12H2,1-2H3,(H,21,23). The van der Waals surface area contributed by atoms with Crippen molar-refractivity contribution in [2.75, 3.05) is 18.6 Å². The Morgan fingerprint density at radius 1 is 1.20 bits per heavy atom. The zero-order chi connectivity index (χ0) is 17.8. The summed E-state index contributed by atoms with van der Waals surface area (Å²) in [5, 5.41) is 2.95. The van der Waals surface area contributed by atoms with Crippen LogP contribution in [0.15, 0.2) is 54.6 Å². The second kappa shape index (κ2) is 7.38. The fraction of sp³-hybridized carbons (Fsp3) is 0.300. The number of ether oxygens (including phenoxy) is 1. The highest BCUT2D eigenvalue weighted by atomic mass is 16.5. The van der Waals surface area contributed by atoms with Crippen LogP contribution in [-0.2, 0) is 9.59 Å². The second-order valence-corrected chi connectivity index (χ2v) is 6.17. The van der Waals surface area contributed by atoms with E-state index in [1.165, 1.54) is 0 Å². The van der Waals surface area contributed by atoms with E-state index in [9.17, 15) is 9.59 Å². The van der Waals surface area contributed by atoms with Crippen LogP contribution in [0, 0.1) is 5.92 Å². The highest BCUT2D eigenvalue weighted by molar-refractivity contribution is 6.09. The molecule has 2 unspecified atom stereocenters. The monoisotopic (exact) mass is 338 g/mol. The van der Waals surface area contributed by atoms with E-state index in [0.717, 1.165) is 11.3 Å². The molecule has 1 saturated heterocycles. The van der Waals surface area contributed by atoms with Crippen LogP contribution in [0.2, 0.25) is 0 Å². The summed E-state index contributed by atoms with van der Waals surface area (Å²) in [5.41, 5.74) is 1.78. The van der Waals surface area contributed by atoms with Crippen molar-refractivity contribution in [1.29, 1.82) is 0 Å². The van der Waals surface area contributed by atoms with Crippen LogP contribution in [0.25, 0.3) is 0 Å². The Hall–Kier alpha value is -2.82. The molecule has 1 aliphatic heterocycles. The lowest BCUT2D eigenvalue weighted by molar-refractivity contribution is -0.132. The Kier molecular flexibility index (Phi) is 5.03. The first kappa shape index (κ1) is 17.0. The van der Waals surface area contributed by atoms with Crippen molar-refractivity contribution in [2.45, 2.75) is 19.4 Å². The summed E-state index contributed by atoms with van der Waals surface area (Å²) in [6.45, 7) is 2.45. The van der Waals surface area contributed by atoms with Crippen molar-refractivity contribution in [2.24, 2.45) is 5.92 Å². The van der Waals surface area contributed by atoms with Crippen LogP contribution in [0.3, 0.4) is 0 Å². The number of rotatable bonds is 5. The summed E-state index contributed by atoms with van der Waals surface area (Å²) >= 11 is 0. The van der Waals surface area contributed by atoms with Crippen LogP contribution in [0.4, 0.5) is 5.69 Å². The van der Waals surface area contributed by atoms with Gasteiger partial charge in [0.25, 0.3) is 0 Å². The van der Waals surface area contributed by atoms with Crippen molar-refractivity contribution >= 4 is 17.5 Å². The summed E-state index contributed by atoms with van der Waals surface area (Å²) in [7, 11) is 1.59. The third-order valence-corrected chi connectivity index (χ3v) is 4.55. The van der Waals surface area contributed by atoms with Gasteiger partial charge in [0.15, 0.2) is 0 Å². The van der Waals surface area contributed by atoms with Gasteiger partial charge < -0.3 is 15.0 Å². The summed E-state index contributed by atoms with van der Waals surface area (Å²) in [5.74, 6) is -0.328. The molecule has 0 bridgehead atoms. The predicted molar refractivity (Wildman–Crippen MR) is 96.5 cm³/mol. The number of amides is 2. The molecule has 0 radical (unpaired) electrons. The highest BCUT2D eigenvalue weighted by Crippen LogP contribution is 2.28. The lowest BCUT2D eigenvalue weighted by Gasteiger charge is -2.19. The fourth-order valence-electron chi connectivity index (χ4n) is 3.10. The zero-order valence-electron chi connectivity index (χ0n) is 14.4. The number of hydrogen-bond donors (Lipinski definition) is 1. The van der Waals surface area contributed by atoms with Gasteiger partial charge in [0.05, 0.1) is 13.2 Å². The Balaban J connectivity index is 1.68. The third-order valence-electron chi connectivity index (χ3n) is 4.55. The molecule has 1 heterocycles. The molecule has 1 aliphatic rings. The fourth-order valence-corrected chi connectivity index (χ4v) is 3.10. The van der Waals surface area contributed by atoms with Gasteiger partial charge in [-0.05, 0) is 31.0 Å². The van der Waals surface area contributed by atoms with Gasteiger partial charge in [-0.1, -0.05) is 36.4 Å². The van der Waals surface area contributed by atoms with Gasteiger partial charge in [0.2, 0.25) is 11.8 Å². The van der Waals surface area contributed by atoms with E-state index in [-0.39, 0.29) is 17.9 Å². The molecule has 25 heavy (non-hydrogen) atoms. The molecule has 0 aliphatic carbocycles. The van der Waals surface area contributed by atoms with Crippen LogP contribution in [0.1, 0.15) is 24.9 Å². The van der Waals surface area contributed by atoms with Gasteiger partial charge in [-0.2, -0.15) is 0 Å². The summed E-state index contributed by atoms with van der Waals surface area (Å²) in [6.07, 6.45) is 0.517. The molecule has 2 aromatic carbocycles. The summed E-state index contributed by atoms with van der Waals surface area (Å²) in [6, 6.07) is 16.9. The van der Waals surface area contributed by atoms with E-state index in [2.05, 4.69) is 5.32 Å². The summed E-state index contributed by atoms with van der Waals surface area (Å²) < 4.78 is 5.21. The van der Waals surface area contributed by atoms with E-state index in [1.54, 1.807) is 12.0 Å². The average Bonchev–Trinajstić information content (AvgIpc) is 3.04. The van der Waals surface area contributed by atoms with Crippen molar-refractivity contribution in [1.82, 2.24) is 5.32 Å². The van der Waals surface area contributed by atoms with Crippen molar-refractivity contribution < 1.29 is 14.3 Å². The van der Waals surface area contributed by atoms with Crippen LogP contribution < -0.4 is 15.0 Å². The van der Waals surface area contributed by atoms with Crippen LogP contribution in [-0.4, -0.2) is 25.5 Å². The second-order valence-electron chi connectivity index (χ2n) is 6.17. The lowest BCUT2D eigenvalue weighted by Crippen LogP contribution is -2.38. The molecule has 5 nitrogen and oxygen atoms in total.